The fraction of sp³-hybridized carbons (Fsp3) is 0.286. The van der Waals surface area contributed by atoms with Crippen molar-refractivity contribution in [2.45, 2.75) is 26.8 Å². The standard InChI is InChI=1S/C21H24N2O3/c1-4-25-18-8-6-17(7-9-18)22-21(24)15(3)23-13-12-16-14-19(26-5-2)10-11-20(16)23/h6-15H,4-5H2,1-3H3,(H,22,24). The zero-order chi connectivity index (χ0) is 18.5. The monoisotopic (exact) mass is 352 g/mol. The van der Waals surface area contributed by atoms with E-state index in [1.165, 1.54) is 0 Å². The highest BCUT2D eigenvalue weighted by Gasteiger charge is 2.17. The van der Waals surface area contributed by atoms with Crippen LogP contribution in [0.4, 0.5) is 5.69 Å². The summed E-state index contributed by atoms with van der Waals surface area (Å²) in [6.45, 7) is 7.04. The fourth-order valence-corrected chi connectivity index (χ4v) is 2.91. The van der Waals surface area contributed by atoms with Gasteiger partial charge in [-0.25, -0.2) is 0 Å². The smallest absolute Gasteiger partial charge is 0.247 e. The molecule has 5 heteroatoms. The molecule has 5 nitrogen and oxygen atoms in total. The van der Waals surface area contributed by atoms with Gasteiger partial charge in [0.05, 0.1) is 13.2 Å². The molecule has 3 aromatic rings. The molecule has 1 unspecified atom stereocenters. The summed E-state index contributed by atoms with van der Waals surface area (Å²) in [7, 11) is 0. The van der Waals surface area contributed by atoms with Gasteiger partial charge < -0.3 is 19.4 Å². The van der Waals surface area contributed by atoms with Gasteiger partial charge in [-0.2, -0.15) is 0 Å². The number of nitrogens with zero attached hydrogens (tertiary/aromatic N) is 1. The zero-order valence-electron chi connectivity index (χ0n) is 15.4. The maximum atomic E-state index is 12.6. The van der Waals surface area contributed by atoms with E-state index in [1.54, 1.807) is 0 Å². The topological polar surface area (TPSA) is 52.5 Å². The van der Waals surface area contributed by atoms with Crippen molar-refractivity contribution in [2.24, 2.45) is 0 Å². The third kappa shape index (κ3) is 3.82. The zero-order valence-corrected chi connectivity index (χ0v) is 15.4. The molecule has 0 aliphatic carbocycles. The molecule has 0 aliphatic heterocycles. The molecule has 0 saturated carbocycles. The molecule has 0 aliphatic rings. The Kier molecular flexibility index (Phi) is 5.46. The lowest BCUT2D eigenvalue weighted by Crippen LogP contribution is -2.23. The summed E-state index contributed by atoms with van der Waals surface area (Å²) in [5, 5.41) is 4.01. The van der Waals surface area contributed by atoms with E-state index in [9.17, 15) is 4.79 Å². The summed E-state index contributed by atoms with van der Waals surface area (Å²) in [5.74, 6) is 1.56. The highest BCUT2D eigenvalue weighted by atomic mass is 16.5. The number of nitrogens with one attached hydrogen (secondary N) is 1. The first kappa shape index (κ1) is 17.9. The summed E-state index contributed by atoms with van der Waals surface area (Å²) in [6.07, 6.45) is 1.93. The van der Waals surface area contributed by atoms with Gasteiger partial charge in [0.25, 0.3) is 0 Å². The van der Waals surface area contributed by atoms with Crippen molar-refractivity contribution in [3.8, 4) is 11.5 Å². The molecule has 2 aromatic carbocycles. The summed E-state index contributed by atoms with van der Waals surface area (Å²) >= 11 is 0. The largest absolute Gasteiger partial charge is 0.494 e. The van der Waals surface area contributed by atoms with E-state index in [4.69, 9.17) is 9.47 Å². The molecule has 0 fully saturated rings. The van der Waals surface area contributed by atoms with Gasteiger partial charge in [-0.1, -0.05) is 0 Å². The molecule has 136 valence electrons. The van der Waals surface area contributed by atoms with Gasteiger partial charge in [0.1, 0.15) is 17.5 Å². The first-order valence-corrected chi connectivity index (χ1v) is 8.89. The molecule has 0 bridgehead atoms. The Labute approximate surface area is 153 Å². The molecule has 0 saturated heterocycles. The minimum Gasteiger partial charge on any atom is -0.494 e. The van der Waals surface area contributed by atoms with Crippen LogP contribution in [0.3, 0.4) is 0 Å². The van der Waals surface area contributed by atoms with Crippen LogP contribution >= 0.6 is 0 Å². The minimum atomic E-state index is -0.336. The Hall–Kier alpha value is -2.95. The molecule has 1 N–H and O–H groups in total. The summed E-state index contributed by atoms with van der Waals surface area (Å²) in [5.41, 5.74) is 1.75. The molecular formula is C21H24N2O3. The van der Waals surface area contributed by atoms with Crippen molar-refractivity contribution in [1.29, 1.82) is 0 Å². The second-order valence-electron chi connectivity index (χ2n) is 6.00. The molecular weight excluding hydrogens is 328 g/mol. The summed E-state index contributed by atoms with van der Waals surface area (Å²) in [6, 6.07) is 15.0. The van der Waals surface area contributed by atoms with Gasteiger partial charge >= 0.3 is 0 Å². The van der Waals surface area contributed by atoms with Crippen molar-refractivity contribution in [3.63, 3.8) is 0 Å². The number of hydrogen-bond acceptors (Lipinski definition) is 3. The molecule has 1 aromatic heterocycles. The normalized spacial score (nSPS) is 12.0. The maximum Gasteiger partial charge on any atom is 0.247 e. The SMILES string of the molecule is CCOc1ccc(NC(=O)C(C)n2ccc3cc(OCC)ccc32)cc1. The van der Waals surface area contributed by atoms with Gasteiger partial charge in [0.15, 0.2) is 0 Å². The number of carbonyl (C=O) groups is 1. The fourth-order valence-electron chi connectivity index (χ4n) is 2.91. The number of rotatable bonds is 7. The molecule has 3 rings (SSSR count). The lowest BCUT2D eigenvalue weighted by molar-refractivity contribution is -0.118. The number of hydrogen-bond donors (Lipinski definition) is 1. The van der Waals surface area contributed by atoms with E-state index in [2.05, 4.69) is 5.32 Å². The number of fused-ring (bicyclic) bond motifs is 1. The van der Waals surface area contributed by atoms with Crippen molar-refractivity contribution in [1.82, 2.24) is 4.57 Å². The van der Waals surface area contributed by atoms with Gasteiger partial charge in [-0.15, -0.1) is 0 Å². The number of benzene rings is 2. The predicted molar refractivity (Wildman–Crippen MR) is 104 cm³/mol. The van der Waals surface area contributed by atoms with Crippen molar-refractivity contribution in [2.75, 3.05) is 18.5 Å². The number of aromatic nitrogens is 1. The van der Waals surface area contributed by atoms with Crippen LogP contribution in [0.25, 0.3) is 10.9 Å². The van der Waals surface area contributed by atoms with E-state index in [0.29, 0.717) is 13.2 Å². The Bertz CT molecular complexity index is 884. The summed E-state index contributed by atoms with van der Waals surface area (Å²) < 4.78 is 12.9. The predicted octanol–water partition coefficient (Wildman–Crippen LogP) is 4.64. The Morgan fingerprint density at radius 3 is 2.35 bits per heavy atom. The number of amides is 1. The highest BCUT2D eigenvalue weighted by Crippen LogP contribution is 2.25. The minimum absolute atomic E-state index is 0.0689. The van der Waals surface area contributed by atoms with Crippen molar-refractivity contribution >= 4 is 22.5 Å². The van der Waals surface area contributed by atoms with Crippen LogP contribution in [0.15, 0.2) is 54.7 Å². The Morgan fingerprint density at radius 1 is 1.00 bits per heavy atom. The lowest BCUT2D eigenvalue weighted by atomic mass is 10.2. The van der Waals surface area contributed by atoms with E-state index in [1.807, 2.05) is 80.1 Å². The van der Waals surface area contributed by atoms with Crippen LogP contribution in [0.2, 0.25) is 0 Å². The molecule has 1 atom stereocenters. The second-order valence-corrected chi connectivity index (χ2v) is 6.00. The Morgan fingerprint density at radius 2 is 1.65 bits per heavy atom. The van der Waals surface area contributed by atoms with Crippen LogP contribution in [-0.4, -0.2) is 23.7 Å². The van der Waals surface area contributed by atoms with E-state index in [0.717, 1.165) is 28.1 Å². The van der Waals surface area contributed by atoms with Crippen LogP contribution in [0.1, 0.15) is 26.8 Å². The molecule has 26 heavy (non-hydrogen) atoms. The van der Waals surface area contributed by atoms with E-state index >= 15 is 0 Å². The lowest BCUT2D eigenvalue weighted by Gasteiger charge is -2.16. The van der Waals surface area contributed by atoms with Crippen LogP contribution < -0.4 is 14.8 Å². The molecule has 1 amide bonds. The number of ether oxygens (including phenoxy) is 2. The van der Waals surface area contributed by atoms with Gasteiger partial charge in [-0.3, -0.25) is 4.79 Å². The summed E-state index contributed by atoms with van der Waals surface area (Å²) in [4.78, 5) is 12.6. The van der Waals surface area contributed by atoms with E-state index < -0.39 is 0 Å². The average Bonchev–Trinajstić information content (AvgIpc) is 3.06. The van der Waals surface area contributed by atoms with Gasteiger partial charge in [-0.05, 0) is 69.3 Å². The van der Waals surface area contributed by atoms with Gasteiger partial charge in [0, 0.05) is 22.8 Å². The molecule has 1 heterocycles. The van der Waals surface area contributed by atoms with Crippen LogP contribution in [0, 0.1) is 0 Å². The van der Waals surface area contributed by atoms with Crippen LogP contribution in [-0.2, 0) is 4.79 Å². The van der Waals surface area contributed by atoms with E-state index in [-0.39, 0.29) is 11.9 Å². The Balaban J connectivity index is 1.74. The average molecular weight is 352 g/mol. The van der Waals surface area contributed by atoms with Gasteiger partial charge in [0.2, 0.25) is 5.91 Å². The quantitative estimate of drug-likeness (QED) is 0.674. The third-order valence-electron chi connectivity index (χ3n) is 4.23. The second kappa shape index (κ2) is 7.95. The van der Waals surface area contributed by atoms with Crippen molar-refractivity contribution in [3.05, 3.63) is 54.7 Å². The maximum absolute atomic E-state index is 12.6. The van der Waals surface area contributed by atoms with Crippen LogP contribution in [0.5, 0.6) is 11.5 Å². The number of carbonyl (C=O) groups excluding carboxylic acids is 1. The number of anilines is 1. The first-order chi connectivity index (χ1) is 12.6. The first-order valence-electron chi connectivity index (χ1n) is 8.89. The molecule has 0 radical (unpaired) electrons. The third-order valence-corrected chi connectivity index (χ3v) is 4.23. The molecule has 0 spiro atoms. The van der Waals surface area contributed by atoms with Crippen molar-refractivity contribution < 1.29 is 14.3 Å². The highest BCUT2D eigenvalue weighted by molar-refractivity contribution is 5.95.